The molecule has 7 nitrogen and oxygen atoms in total. The Morgan fingerprint density at radius 2 is 1.76 bits per heavy atom. The van der Waals surface area contributed by atoms with Crippen molar-refractivity contribution in [2.45, 2.75) is 38.0 Å². The lowest BCUT2D eigenvalue weighted by Crippen LogP contribution is -2.47. The molecule has 2 unspecified atom stereocenters. The van der Waals surface area contributed by atoms with Crippen LogP contribution in [0.15, 0.2) is 91.1 Å². The van der Waals surface area contributed by atoms with Crippen molar-refractivity contribution < 1.29 is 15.0 Å². The lowest BCUT2D eigenvalue weighted by molar-refractivity contribution is 0.0211. The van der Waals surface area contributed by atoms with Crippen LogP contribution < -0.4 is 4.90 Å². The Labute approximate surface area is 223 Å². The number of aliphatic hydroxyl groups excluding tert-OH is 1. The van der Waals surface area contributed by atoms with E-state index in [1.165, 1.54) is 0 Å². The molecule has 2 heterocycles. The highest BCUT2D eigenvalue weighted by molar-refractivity contribution is 6.00. The van der Waals surface area contributed by atoms with Crippen molar-refractivity contribution in [2.75, 3.05) is 18.5 Å². The molecule has 1 aromatic heterocycles. The summed E-state index contributed by atoms with van der Waals surface area (Å²) in [4.78, 5) is 27.2. The fourth-order valence-electron chi connectivity index (χ4n) is 5.08. The molecule has 1 aliphatic heterocycles. The van der Waals surface area contributed by atoms with Crippen molar-refractivity contribution in [3.63, 3.8) is 0 Å². The van der Waals surface area contributed by atoms with Crippen molar-refractivity contribution in [1.82, 2.24) is 14.9 Å². The number of piperidine rings is 1. The maximum Gasteiger partial charge on any atom is 0.258 e. The highest BCUT2D eigenvalue weighted by Crippen LogP contribution is 2.33. The van der Waals surface area contributed by atoms with Gasteiger partial charge in [-0.3, -0.25) is 4.79 Å². The first-order chi connectivity index (χ1) is 18.5. The first kappa shape index (κ1) is 25.4. The SMILES string of the molecule is CN(Cc1ccccc1)c1ncc(C(=O)N2CCCCC2C(O)c2cccc(O)c2)c(-c2ccccc2)n1. The maximum absolute atomic E-state index is 14.1. The molecule has 3 aromatic carbocycles. The molecule has 1 saturated heterocycles. The van der Waals surface area contributed by atoms with Crippen LogP contribution in [0.2, 0.25) is 0 Å². The summed E-state index contributed by atoms with van der Waals surface area (Å²) in [6.45, 7) is 1.16. The van der Waals surface area contributed by atoms with Crippen molar-refractivity contribution in [1.29, 1.82) is 0 Å². The predicted molar refractivity (Wildman–Crippen MR) is 148 cm³/mol. The van der Waals surface area contributed by atoms with E-state index in [2.05, 4.69) is 17.1 Å². The van der Waals surface area contributed by atoms with Gasteiger partial charge >= 0.3 is 0 Å². The number of aromatic nitrogens is 2. The normalized spacial score (nSPS) is 16.2. The second-order valence-electron chi connectivity index (χ2n) is 9.74. The second-order valence-corrected chi connectivity index (χ2v) is 9.74. The third kappa shape index (κ3) is 5.53. The summed E-state index contributed by atoms with van der Waals surface area (Å²) in [5, 5.41) is 21.2. The number of aromatic hydroxyl groups is 1. The number of benzene rings is 3. The molecule has 0 spiro atoms. The summed E-state index contributed by atoms with van der Waals surface area (Å²) in [7, 11) is 1.94. The van der Waals surface area contributed by atoms with Crippen LogP contribution in [-0.4, -0.2) is 50.6 Å². The van der Waals surface area contributed by atoms with Crippen LogP contribution in [0.25, 0.3) is 11.3 Å². The minimum absolute atomic E-state index is 0.0882. The zero-order valence-corrected chi connectivity index (χ0v) is 21.4. The molecule has 4 aromatic rings. The van der Waals surface area contributed by atoms with Crippen LogP contribution in [-0.2, 0) is 6.54 Å². The Balaban J connectivity index is 1.48. The Hall–Kier alpha value is -4.23. The van der Waals surface area contributed by atoms with Crippen LogP contribution in [0.4, 0.5) is 5.95 Å². The molecule has 0 radical (unpaired) electrons. The van der Waals surface area contributed by atoms with Gasteiger partial charge in [-0.15, -0.1) is 0 Å². The molecule has 5 rings (SSSR count). The van der Waals surface area contributed by atoms with Gasteiger partial charge in [0.05, 0.1) is 23.4 Å². The van der Waals surface area contributed by atoms with E-state index in [0.29, 0.717) is 42.3 Å². The van der Waals surface area contributed by atoms with Crippen LogP contribution in [0.1, 0.15) is 46.9 Å². The third-order valence-corrected chi connectivity index (χ3v) is 7.04. The molecule has 1 aliphatic rings. The average molecular weight is 509 g/mol. The number of amides is 1. The van der Waals surface area contributed by atoms with E-state index in [1.807, 2.05) is 60.5 Å². The molecule has 0 saturated carbocycles. The van der Waals surface area contributed by atoms with Gasteiger partial charge in [0.1, 0.15) is 5.75 Å². The third-order valence-electron chi connectivity index (χ3n) is 7.04. The zero-order valence-electron chi connectivity index (χ0n) is 21.4. The van der Waals surface area contributed by atoms with Gasteiger partial charge in [-0.1, -0.05) is 72.8 Å². The first-order valence-electron chi connectivity index (χ1n) is 13.0. The topological polar surface area (TPSA) is 89.8 Å². The molecule has 7 heteroatoms. The van der Waals surface area contributed by atoms with Gasteiger partial charge in [0.15, 0.2) is 0 Å². The van der Waals surface area contributed by atoms with Gasteiger partial charge in [0.25, 0.3) is 5.91 Å². The van der Waals surface area contributed by atoms with Crippen LogP contribution in [0.3, 0.4) is 0 Å². The summed E-state index contributed by atoms with van der Waals surface area (Å²) < 4.78 is 0. The lowest BCUT2D eigenvalue weighted by Gasteiger charge is -2.39. The molecule has 1 amide bonds. The first-order valence-corrected chi connectivity index (χ1v) is 13.0. The number of hydrogen-bond acceptors (Lipinski definition) is 6. The summed E-state index contributed by atoms with van der Waals surface area (Å²) in [6, 6.07) is 25.9. The molecule has 0 aliphatic carbocycles. The lowest BCUT2D eigenvalue weighted by atomic mass is 9.92. The Morgan fingerprint density at radius 1 is 1.03 bits per heavy atom. The average Bonchev–Trinajstić information content (AvgIpc) is 2.97. The van der Waals surface area contributed by atoms with E-state index in [1.54, 1.807) is 35.4 Å². The standard InChI is InChI=1S/C31H32N4O3/c1-34(21-22-11-4-2-5-12-22)31-32-20-26(28(33-31)23-13-6-3-7-14-23)30(38)35-18-9-8-17-27(35)29(37)24-15-10-16-25(36)19-24/h2-7,10-16,19-20,27,29,36-37H,8-9,17-18,21H2,1H3. The van der Waals surface area contributed by atoms with Crippen molar-refractivity contribution in [3.8, 4) is 17.0 Å². The summed E-state index contributed by atoms with van der Waals surface area (Å²) in [6.07, 6.45) is 3.14. The molecule has 2 N–H and O–H groups in total. The van der Waals surface area contributed by atoms with E-state index in [4.69, 9.17) is 4.98 Å². The second kappa shape index (κ2) is 11.4. The Morgan fingerprint density at radius 3 is 2.50 bits per heavy atom. The number of phenolic OH excluding ortho intramolecular Hbond substituents is 1. The van der Waals surface area contributed by atoms with Crippen molar-refractivity contribution >= 4 is 11.9 Å². The molecule has 1 fully saturated rings. The molecule has 38 heavy (non-hydrogen) atoms. The van der Waals surface area contributed by atoms with E-state index < -0.39 is 12.1 Å². The fraction of sp³-hybridized carbons (Fsp3) is 0.258. The molecule has 0 bridgehead atoms. The molecular weight excluding hydrogens is 476 g/mol. The monoisotopic (exact) mass is 508 g/mol. The van der Waals surface area contributed by atoms with Crippen molar-refractivity contribution in [2.24, 2.45) is 0 Å². The van der Waals surface area contributed by atoms with Crippen molar-refractivity contribution in [3.05, 3.63) is 108 Å². The number of phenols is 1. The van der Waals surface area contributed by atoms with E-state index in [9.17, 15) is 15.0 Å². The molecule has 2 atom stereocenters. The smallest absolute Gasteiger partial charge is 0.258 e. The number of hydrogen-bond donors (Lipinski definition) is 2. The number of carbonyl (C=O) groups excluding carboxylic acids is 1. The van der Waals surface area contributed by atoms with Crippen LogP contribution >= 0.6 is 0 Å². The van der Waals surface area contributed by atoms with Gasteiger partial charge in [0, 0.05) is 31.9 Å². The van der Waals surface area contributed by atoms with Gasteiger partial charge in [-0.25, -0.2) is 9.97 Å². The number of anilines is 1. The predicted octanol–water partition coefficient (Wildman–Crippen LogP) is 5.21. The largest absolute Gasteiger partial charge is 0.508 e. The summed E-state index contributed by atoms with van der Waals surface area (Å²) >= 11 is 0. The number of nitrogens with zero attached hydrogens (tertiary/aromatic N) is 4. The number of aliphatic hydroxyl groups is 1. The van der Waals surface area contributed by atoms with Crippen LogP contribution in [0.5, 0.6) is 5.75 Å². The zero-order chi connectivity index (χ0) is 26.5. The maximum atomic E-state index is 14.1. The minimum atomic E-state index is -0.913. The number of carbonyl (C=O) groups is 1. The summed E-state index contributed by atoms with van der Waals surface area (Å²) in [5.41, 5.74) is 3.53. The minimum Gasteiger partial charge on any atom is -0.508 e. The van der Waals surface area contributed by atoms with Gasteiger partial charge in [-0.05, 0) is 42.5 Å². The molecule has 194 valence electrons. The van der Waals surface area contributed by atoms with E-state index in [-0.39, 0.29) is 11.7 Å². The summed E-state index contributed by atoms with van der Waals surface area (Å²) in [5.74, 6) is 0.412. The van der Waals surface area contributed by atoms with E-state index in [0.717, 1.165) is 24.0 Å². The number of rotatable bonds is 7. The van der Waals surface area contributed by atoms with Gasteiger partial charge < -0.3 is 20.0 Å². The highest BCUT2D eigenvalue weighted by atomic mass is 16.3. The quantitative estimate of drug-likeness (QED) is 0.356. The Kier molecular flexibility index (Phi) is 7.65. The highest BCUT2D eigenvalue weighted by Gasteiger charge is 2.35. The van der Waals surface area contributed by atoms with Gasteiger partial charge in [-0.2, -0.15) is 0 Å². The van der Waals surface area contributed by atoms with E-state index >= 15 is 0 Å². The Bertz CT molecular complexity index is 1380. The van der Waals surface area contributed by atoms with Gasteiger partial charge in [0.2, 0.25) is 5.95 Å². The fourth-order valence-corrected chi connectivity index (χ4v) is 5.08. The molecular formula is C31H32N4O3. The van der Waals surface area contributed by atoms with Crippen LogP contribution in [0, 0.1) is 0 Å². The number of likely N-dealkylation sites (tertiary alicyclic amines) is 1.